The molecule has 2 aromatic heterocycles. The molecule has 0 amide bonds. The van der Waals surface area contributed by atoms with Crippen molar-refractivity contribution in [3.8, 4) is 6.07 Å². The highest BCUT2D eigenvalue weighted by Gasteiger charge is 2.60. The summed E-state index contributed by atoms with van der Waals surface area (Å²) in [6.07, 6.45) is 8.77. The van der Waals surface area contributed by atoms with Crippen LogP contribution in [0.2, 0.25) is 0 Å². The molecule has 5 heteroatoms. The molecule has 4 aliphatic carbocycles. The summed E-state index contributed by atoms with van der Waals surface area (Å²) in [5.41, 5.74) is 0.916. The Kier molecular flexibility index (Phi) is 3.27. The van der Waals surface area contributed by atoms with Gasteiger partial charge in [-0.1, -0.05) is 6.07 Å². The van der Waals surface area contributed by atoms with Gasteiger partial charge in [0.1, 0.15) is 12.7 Å². The first-order chi connectivity index (χ1) is 12.5. The first kappa shape index (κ1) is 15.9. The van der Waals surface area contributed by atoms with E-state index in [4.69, 9.17) is 4.74 Å². The zero-order chi connectivity index (χ0) is 17.9. The molecule has 0 aromatic carbocycles. The molecule has 134 valence electrons. The number of hydrogen-bond donors (Lipinski definition) is 1. The van der Waals surface area contributed by atoms with Gasteiger partial charge in [0.25, 0.3) is 0 Å². The van der Waals surface area contributed by atoms with E-state index in [9.17, 15) is 15.2 Å². The number of nitrogens with zero attached hydrogens (tertiary/aromatic N) is 2. The maximum atomic E-state index is 13.0. The van der Waals surface area contributed by atoms with Gasteiger partial charge in [-0.05, 0) is 62.5 Å². The second-order valence-electron chi connectivity index (χ2n) is 8.68. The molecule has 5 nitrogen and oxygen atoms in total. The lowest BCUT2D eigenvalue weighted by Crippen LogP contribution is -2.58. The zero-order valence-corrected chi connectivity index (χ0v) is 14.6. The van der Waals surface area contributed by atoms with E-state index < -0.39 is 11.0 Å². The molecule has 2 unspecified atom stereocenters. The smallest absolute Gasteiger partial charge is 0.312 e. The Morgan fingerprint density at radius 3 is 2.77 bits per heavy atom. The quantitative estimate of drug-likeness (QED) is 0.863. The normalized spacial score (nSPS) is 34.8. The largest absolute Gasteiger partial charge is 0.460 e. The Morgan fingerprint density at radius 2 is 2.08 bits per heavy atom. The van der Waals surface area contributed by atoms with Gasteiger partial charge in [-0.2, -0.15) is 5.26 Å². The number of aromatic nitrogens is 1. The number of carbonyl (C=O) groups excluding carboxylic acids is 1. The Hall–Kier alpha value is -2.32. The van der Waals surface area contributed by atoms with E-state index >= 15 is 0 Å². The number of ether oxygens (including phenoxy) is 1. The van der Waals surface area contributed by atoms with Crippen LogP contribution in [0.4, 0.5) is 0 Å². The number of carbonyl (C=O) groups is 1. The van der Waals surface area contributed by atoms with Crippen LogP contribution in [0.1, 0.15) is 49.7 Å². The first-order valence-corrected chi connectivity index (χ1v) is 9.39. The molecule has 2 aromatic rings. The molecule has 0 saturated heterocycles. The summed E-state index contributed by atoms with van der Waals surface area (Å²) in [6.45, 7) is 0.110. The van der Waals surface area contributed by atoms with Gasteiger partial charge in [-0.25, -0.2) is 0 Å². The van der Waals surface area contributed by atoms with Crippen LogP contribution in [-0.2, 0) is 16.1 Å². The standard InChI is InChI=1S/C21H22N2O3/c22-10-17-16(11-23-4-2-1-3-18(17)23)12-26-19(24)20-6-14-5-15(7-20)9-21(25,8-14)13-20/h1-4,11,14-15,25H,5-9,12-13H2. The molecule has 6 rings (SSSR count). The predicted octanol–water partition coefficient (Wildman–Crippen LogP) is 3.19. The summed E-state index contributed by atoms with van der Waals surface area (Å²) in [5.74, 6) is 0.699. The number of esters is 1. The van der Waals surface area contributed by atoms with Gasteiger partial charge in [0.05, 0.1) is 22.1 Å². The molecule has 4 aliphatic rings. The van der Waals surface area contributed by atoms with E-state index in [1.54, 1.807) is 0 Å². The van der Waals surface area contributed by atoms with Gasteiger partial charge in [0, 0.05) is 18.0 Å². The highest BCUT2D eigenvalue weighted by Crippen LogP contribution is 2.62. The molecule has 2 atom stereocenters. The molecule has 0 aliphatic heterocycles. The SMILES string of the molecule is N#Cc1c(COC(=O)C23CC4CC(CC(O)(C4)C2)C3)cn2ccccc12. The van der Waals surface area contributed by atoms with E-state index in [0.717, 1.165) is 43.2 Å². The van der Waals surface area contributed by atoms with Gasteiger partial charge in [-0.15, -0.1) is 0 Å². The molecular formula is C21H22N2O3. The van der Waals surface area contributed by atoms with E-state index in [1.165, 1.54) is 0 Å². The molecule has 26 heavy (non-hydrogen) atoms. The first-order valence-electron chi connectivity index (χ1n) is 9.39. The molecule has 4 bridgehead atoms. The average Bonchev–Trinajstić information content (AvgIpc) is 2.94. The fourth-order valence-corrected chi connectivity index (χ4v) is 6.17. The van der Waals surface area contributed by atoms with Gasteiger partial charge in [-0.3, -0.25) is 4.79 Å². The third-order valence-electron chi connectivity index (χ3n) is 6.70. The number of fused-ring (bicyclic) bond motifs is 1. The van der Waals surface area contributed by atoms with Crippen molar-refractivity contribution in [3.05, 3.63) is 41.7 Å². The summed E-state index contributed by atoms with van der Waals surface area (Å²) in [5, 5.41) is 20.3. The van der Waals surface area contributed by atoms with Gasteiger partial charge < -0.3 is 14.2 Å². The van der Waals surface area contributed by atoms with Crippen LogP contribution in [0.5, 0.6) is 0 Å². The Morgan fingerprint density at radius 1 is 1.31 bits per heavy atom. The second-order valence-corrected chi connectivity index (χ2v) is 8.68. The molecule has 4 saturated carbocycles. The maximum Gasteiger partial charge on any atom is 0.312 e. The maximum absolute atomic E-state index is 13.0. The summed E-state index contributed by atoms with van der Waals surface area (Å²) < 4.78 is 7.60. The fraction of sp³-hybridized carbons (Fsp3) is 0.524. The monoisotopic (exact) mass is 350 g/mol. The van der Waals surface area contributed by atoms with Crippen molar-refractivity contribution >= 4 is 11.5 Å². The predicted molar refractivity (Wildman–Crippen MR) is 94.0 cm³/mol. The number of hydrogen-bond acceptors (Lipinski definition) is 4. The molecule has 4 fully saturated rings. The van der Waals surface area contributed by atoms with E-state index in [-0.39, 0.29) is 12.6 Å². The summed E-state index contributed by atoms with van der Waals surface area (Å²) in [4.78, 5) is 13.0. The molecular weight excluding hydrogens is 328 g/mol. The van der Waals surface area contributed by atoms with Gasteiger partial charge in [0.15, 0.2) is 0 Å². The number of nitriles is 1. The van der Waals surface area contributed by atoms with Crippen LogP contribution in [0.3, 0.4) is 0 Å². The van der Waals surface area contributed by atoms with Crippen molar-refractivity contribution in [1.29, 1.82) is 5.26 Å². The van der Waals surface area contributed by atoms with Crippen molar-refractivity contribution in [1.82, 2.24) is 4.40 Å². The van der Waals surface area contributed by atoms with E-state index in [1.807, 2.05) is 35.0 Å². The summed E-state index contributed by atoms with van der Waals surface area (Å²) >= 11 is 0. The molecule has 1 N–H and O–H groups in total. The zero-order valence-electron chi connectivity index (χ0n) is 14.6. The third-order valence-corrected chi connectivity index (χ3v) is 6.70. The number of pyridine rings is 1. The minimum atomic E-state index is -0.675. The fourth-order valence-electron chi connectivity index (χ4n) is 6.17. The lowest BCUT2D eigenvalue weighted by atomic mass is 9.48. The van der Waals surface area contributed by atoms with Gasteiger partial charge in [0.2, 0.25) is 0 Å². The van der Waals surface area contributed by atoms with Crippen LogP contribution in [0.15, 0.2) is 30.6 Å². The van der Waals surface area contributed by atoms with Crippen LogP contribution in [0, 0.1) is 28.6 Å². The Balaban J connectivity index is 1.38. The average molecular weight is 350 g/mol. The minimum Gasteiger partial charge on any atom is -0.460 e. The summed E-state index contributed by atoms with van der Waals surface area (Å²) in [7, 11) is 0. The molecule has 2 heterocycles. The lowest BCUT2D eigenvalue weighted by molar-refractivity contribution is -0.197. The number of rotatable bonds is 3. The Bertz CT molecular complexity index is 924. The lowest BCUT2D eigenvalue weighted by Gasteiger charge is -2.58. The second kappa shape index (κ2) is 5.34. The van der Waals surface area contributed by atoms with Crippen molar-refractivity contribution < 1.29 is 14.6 Å². The highest BCUT2D eigenvalue weighted by molar-refractivity contribution is 5.78. The van der Waals surface area contributed by atoms with Crippen molar-refractivity contribution in [3.63, 3.8) is 0 Å². The van der Waals surface area contributed by atoms with E-state index in [2.05, 4.69) is 6.07 Å². The van der Waals surface area contributed by atoms with Crippen molar-refractivity contribution in [2.75, 3.05) is 0 Å². The highest BCUT2D eigenvalue weighted by atomic mass is 16.5. The van der Waals surface area contributed by atoms with Gasteiger partial charge >= 0.3 is 5.97 Å². The van der Waals surface area contributed by atoms with Crippen molar-refractivity contribution in [2.24, 2.45) is 17.3 Å². The van der Waals surface area contributed by atoms with Crippen LogP contribution in [0.25, 0.3) is 5.52 Å². The molecule has 0 spiro atoms. The van der Waals surface area contributed by atoms with Crippen LogP contribution < -0.4 is 0 Å². The molecule has 0 radical (unpaired) electrons. The van der Waals surface area contributed by atoms with Crippen molar-refractivity contribution in [2.45, 2.75) is 50.7 Å². The third kappa shape index (κ3) is 2.29. The topological polar surface area (TPSA) is 74.7 Å². The van der Waals surface area contributed by atoms with E-state index in [0.29, 0.717) is 23.8 Å². The van der Waals surface area contributed by atoms with Crippen LogP contribution >= 0.6 is 0 Å². The minimum absolute atomic E-state index is 0.110. The van der Waals surface area contributed by atoms with Crippen LogP contribution in [-0.4, -0.2) is 21.1 Å². The Labute approximate surface area is 152 Å². The number of aliphatic hydroxyl groups is 1. The summed E-state index contributed by atoms with van der Waals surface area (Å²) in [6, 6.07) is 7.91.